The van der Waals surface area contributed by atoms with Crippen LogP contribution in [0, 0.1) is 0 Å². The fourth-order valence-corrected chi connectivity index (χ4v) is 1.39. The van der Waals surface area contributed by atoms with Gasteiger partial charge in [0, 0.05) is 18.7 Å². The van der Waals surface area contributed by atoms with E-state index in [0.29, 0.717) is 6.54 Å². The van der Waals surface area contributed by atoms with Crippen molar-refractivity contribution in [3.8, 4) is 5.75 Å². The molecule has 0 unspecified atom stereocenters. The SMILES string of the molecule is CCCNC(=O)Cn1c(C(=O)O)cc(O)cc1=O. The van der Waals surface area contributed by atoms with Crippen molar-refractivity contribution in [2.75, 3.05) is 6.54 Å². The Labute approximate surface area is 103 Å². The fraction of sp³-hybridized carbons (Fsp3) is 0.364. The third-order valence-corrected chi connectivity index (χ3v) is 2.21. The van der Waals surface area contributed by atoms with Crippen molar-refractivity contribution in [1.29, 1.82) is 0 Å². The van der Waals surface area contributed by atoms with Gasteiger partial charge in [0.15, 0.2) is 0 Å². The Balaban J connectivity index is 3.04. The summed E-state index contributed by atoms with van der Waals surface area (Å²) in [7, 11) is 0. The van der Waals surface area contributed by atoms with Gasteiger partial charge in [0.2, 0.25) is 5.91 Å². The monoisotopic (exact) mass is 254 g/mol. The molecule has 0 radical (unpaired) electrons. The molecule has 7 heteroatoms. The Hall–Kier alpha value is -2.31. The first-order valence-corrected chi connectivity index (χ1v) is 5.39. The molecule has 3 N–H and O–H groups in total. The number of rotatable bonds is 5. The summed E-state index contributed by atoms with van der Waals surface area (Å²) in [6.45, 7) is 1.94. The van der Waals surface area contributed by atoms with E-state index < -0.39 is 28.9 Å². The molecule has 1 aromatic heterocycles. The molecule has 18 heavy (non-hydrogen) atoms. The van der Waals surface area contributed by atoms with E-state index in [0.717, 1.165) is 23.1 Å². The summed E-state index contributed by atoms with van der Waals surface area (Å²) < 4.78 is 0.799. The summed E-state index contributed by atoms with van der Waals surface area (Å²) in [5.74, 6) is -2.28. The summed E-state index contributed by atoms with van der Waals surface area (Å²) >= 11 is 0. The number of carboxylic acids is 1. The van der Waals surface area contributed by atoms with Gasteiger partial charge in [0.1, 0.15) is 18.0 Å². The highest BCUT2D eigenvalue weighted by molar-refractivity contribution is 5.87. The van der Waals surface area contributed by atoms with E-state index in [1.54, 1.807) is 0 Å². The van der Waals surface area contributed by atoms with Gasteiger partial charge in [0.25, 0.3) is 5.56 Å². The number of carboxylic acid groups (broad SMARTS) is 1. The molecule has 0 atom stereocenters. The van der Waals surface area contributed by atoms with Crippen LogP contribution in [0.4, 0.5) is 0 Å². The fourth-order valence-electron chi connectivity index (χ4n) is 1.39. The molecule has 0 aliphatic rings. The molecule has 0 saturated heterocycles. The first kappa shape index (κ1) is 13.8. The minimum atomic E-state index is -1.38. The number of aromatic nitrogens is 1. The molecule has 0 fully saturated rings. The highest BCUT2D eigenvalue weighted by Gasteiger charge is 2.15. The van der Waals surface area contributed by atoms with Crippen LogP contribution in [0.15, 0.2) is 16.9 Å². The third kappa shape index (κ3) is 3.34. The molecule has 0 aromatic carbocycles. The van der Waals surface area contributed by atoms with Gasteiger partial charge in [-0.25, -0.2) is 4.79 Å². The molecule has 0 spiro atoms. The number of carbonyl (C=O) groups is 2. The van der Waals surface area contributed by atoms with Crippen LogP contribution >= 0.6 is 0 Å². The Morgan fingerprint density at radius 3 is 2.61 bits per heavy atom. The van der Waals surface area contributed by atoms with Gasteiger partial charge < -0.3 is 15.5 Å². The summed E-state index contributed by atoms with van der Waals surface area (Å²) in [5, 5.41) is 20.6. The average Bonchev–Trinajstić information content (AvgIpc) is 2.29. The van der Waals surface area contributed by atoms with Crippen molar-refractivity contribution < 1.29 is 19.8 Å². The molecule has 0 aliphatic heterocycles. The largest absolute Gasteiger partial charge is 0.508 e. The zero-order valence-corrected chi connectivity index (χ0v) is 9.84. The maximum absolute atomic E-state index is 11.5. The van der Waals surface area contributed by atoms with Crippen molar-refractivity contribution in [3.05, 3.63) is 28.2 Å². The average molecular weight is 254 g/mol. The lowest BCUT2D eigenvalue weighted by Gasteiger charge is -2.10. The van der Waals surface area contributed by atoms with Crippen LogP contribution in [-0.4, -0.2) is 33.2 Å². The summed E-state index contributed by atoms with van der Waals surface area (Å²) in [6, 6.07) is 1.79. The summed E-state index contributed by atoms with van der Waals surface area (Å²) in [4.78, 5) is 33.9. The van der Waals surface area contributed by atoms with Crippen LogP contribution in [0.1, 0.15) is 23.8 Å². The number of aromatic hydroxyl groups is 1. The number of aromatic carboxylic acids is 1. The second kappa shape index (κ2) is 5.85. The smallest absolute Gasteiger partial charge is 0.352 e. The molecule has 0 aliphatic carbocycles. The Kier molecular flexibility index (Phi) is 4.47. The van der Waals surface area contributed by atoms with Crippen molar-refractivity contribution in [2.45, 2.75) is 19.9 Å². The maximum Gasteiger partial charge on any atom is 0.352 e. The standard InChI is InChI=1S/C11H14N2O5/c1-2-3-12-9(15)6-13-8(11(17)18)4-7(14)5-10(13)16/h4-5,14H,2-3,6H2,1H3,(H,12,15)(H,17,18). The third-order valence-electron chi connectivity index (χ3n) is 2.21. The first-order chi connectivity index (χ1) is 8.45. The number of hydrogen-bond acceptors (Lipinski definition) is 4. The molecule has 1 heterocycles. The van der Waals surface area contributed by atoms with E-state index >= 15 is 0 Å². The quantitative estimate of drug-likeness (QED) is 0.673. The van der Waals surface area contributed by atoms with Crippen molar-refractivity contribution in [1.82, 2.24) is 9.88 Å². The molecule has 1 aromatic rings. The Bertz CT molecular complexity index is 521. The van der Waals surface area contributed by atoms with Crippen LogP contribution in [-0.2, 0) is 11.3 Å². The van der Waals surface area contributed by atoms with Crippen molar-refractivity contribution >= 4 is 11.9 Å². The predicted molar refractivity (Wildman–Crippen MR) is 62.6 cm³/mol. The van der Waals surface area contributed by atoms with E-state index in [1.807, 2.05) is 6.92 Å². The van der Waals surface area contributed by atoms with Crippen LogP contribution in [0.25, 0.3) is 0 Å². The molecule has 98 valence electrons. The molecule has 0 saturated carbocycles. The van der Waals surface area contributed by atoms with Gasteiger partial charge in [-0.05, 0) is 6.42 Å². The number of nitrogens with zero attached hydrogens (tertiary/aromatic N) is 1. The molecule has 1 amide bonds. The maximum atomic E-state index is 11.5. The molecular formula is C11H14N2O5. The number of hydrogen-bond donors (Lipinski definition) is 3. The van der Waals surface area contributed by atoms with E-state index in [1.165, 1.54) is 0 Å². The summed E-state index contributed by atoms with van der Waals surface area (Å²) in [5.41, 5.74) is -1.16. The highest BCUT2D eigenvalue weighted by atomic mass is 16.4. The van der Waals surface area contributed by atoms with Crippen LogP contribution in [0.5, 0.6) is 5.75 Å². The molecule has 7 nitrogen and oxygen atoms in total. The number of pyridine rings is 1. The molecular weight excluding hydrogens is 240 g/mol. The van der Waals surface area contributed by atoms with Crippen molar-refractivity contribution in [2.24, 2.45) is 0 Å². The van der Waals surface area contributed by atoms with Crippen LogP contribution in [0.3, 0.4) is 0 Å². The topological polar surface area (TPSA) is 109 Å². The second-order valence-electron chi connectivity index (χ2n) is 3.68. The van der Waals surface area contributed by atoms with Gasteiger partial charge in [-0.3, -0.25) is 14.2 Å². The normalized spacial score (nSPS) is 10.1. The van der Waals surface area contributed by atoms with Gasteiger partial charge in [-0.1, -0.05) is 6.92 Å². The number of nitrogens with one attached hydrogen (secondary N) is 1. The van der Waals surface area contributed by atoms with E-state index in [9.17, 15) is 14.4 Å². The lowest BCUT2D eigenvalue weighted by molar-refractivity contribution is -0.121. The Morgan fingerprint density at radius 1 is 1.39 bits per heavy atom. The minimum Gasteiger partial charge on any atom is -0.508 e. The van der Waals surface area contributed by atoms with Crippen molar-refractivity contribution in [3.63, 3.8) is 0 Å². The van der Waals surface area contributed by atoms with E-state index in [-0.39, 0.29) is 6.54 Å². The van der Waals surface area contributed by atoms with Gasteiger partial charge in [0.05, 0.1) is 0 Å². The molecule has 0 bridgehead atoms. The predicted octanol–water partition coefficient (Wildman–Crippen LogP) is -0.222. The zero-order valence-electron chi connectivity index (χ0n) is 9.84. The first-order valence-electron chi connectivity index (χ1n) is 5.39. The van der Waals surface area contributed by atoms with Crippen LogP contribution in [0.2, 0.25) is 0 Å². The number of amides is 1. The van der Waals surface area contributed by atoms with Crippen LogP contribution < -0.4 is 10.9 Å². The van der Waals surface area contributed by atoms with E-state index in [4.69, 9.17) is 10.2 Å². The Morgan fingerprint density at radius 2 is 2.06 bits per heavy atom. The minimum absolute atomic E-state index is 0.388. The summed E-state index contributed by atoms with van der Waals surface area (Å²) in [6.07, 6.45) is 0.738. The lowest BCUT2D eigenvalue weighted by Crippen LogP contribution is -2.34. The van der Waals surface area contributed by atoms with E-state index in [2.05, 4.69) is 5.32 Å². The zero-order chi connectivity index (χ0) is 13.7. The molecule has 1 rings (SSSR count). The van der Waals surface area contributed by atoms with Gasteiger partial charge in [-0.15, -0.1) is 0 Å². The lowest BCUT2D eigenvalue weighted by atomic mass is 10.3. The van der Waals surface area contributed by atoms with Gasteiger partial charge >= 0.3 is 5.97 Å². The van der Waals surface area contributed by atoms with Gasteiger partial charge in [-0.2, -0.15) is 0 Å². The number of carbonyl (C=O) groups excluding carboxylic acids is 1. The highest BCUT2D eigenvalue weighted by Crippen LogP contribution is 2.08. The second-order valence-corrected chi connectivity index (χ2v) is 3.68.